The molecule has 0 atom stereocenters. The highest BCUT2D eigenvalue weighted by Gasteiger charge is 2.21. The molecule has 1 aromatic rings. The summed E-state index contributed by atoms with van der Waals surface area (Å²) in [6, 6.07) is 1.96. The maximum Gasteiger partial charge on any atom is 0.138 e. The Morgan fingerprint density at radius 2 is 1.95 bits per heavy atom. The smallest absolute Gasteiger partial charge is 0.138 e. The first-order valence-corrected chi connectivity index (χ1v) is 7.58. The number of halogens is 1. The lowest BCUT2D eigenvalue weighted by Crippen LogP contribution is -2.43. The topological polar surface area (TPSA) is 35.5 Å². The van der Waals surface area contributed by atoms with Crippen LogP contribution in [0.4, 0.5) is 0 Å². The van der Waals surface area contributed by atoms with Gasteiger partial charge in [0.1, 0.15) is 5.75 Å². The quantitative estimate of drug-likeness (QED) is 0.873. The molecule has 1 aliphatic heterocycles. The van der Waals surface area contributed by atoms with Crippen LogP contribution in [0.3, 0.4) is 0 Å². The van der Waals surface area contributed by atoms with E-state index in [0.717, 1.165) is 51.1 Å². The zero-order chi connectivity index (χ0) is 13.2. The largest absolute Gasteiger partial charge is 0.506 e. The van der Waals surface area contributed by atoms with E-state index >= 15 is 0 Å². The summed E-state index contributed by atoms with van der Waals surface area (Å²) < 4.78 is 0. The Balaban J connectivity index is 1.91. The molecule has 1 aliphatic carbocycles. The molecule has 19 heavy (non-hydrogen) atoms. The number of aromatic hydroxyl groups is 1. The number of fused-ring (bicyclic) bond motifs is 1. The number of rotatable bonds is 2. The fraction of sp³-hybridized carbons (Fsp3) is 0.600. The summed E-state index contributed by atoms with van der Waals surface area (Å²) in [7, 11) is 0. The Labute approximate surface area is 119 Å². The van der Waals surface area contributed by atoms with Gasteiger partial charge in [-0.15, -0.1) is 0 Å². The van der Waals surface area contributed by atoms with Gasteiger partial charge in [0.05, 0.1) is 5.02 Å². The Morgan fingerprint density at radius 1 is 1.21 bits per heavy atom. The van der Waals surface area contributed by atoms with E-state index in [9.17, 15) is 5.11 Å². The summed E-state index contributed by atoms with van der Waals surface area (Å²) in [6.45, 7) is 4.98. The molecular formula is C15H21ClN2O. The molecule has 0 amide bonds. The molecule has 0 unspecified atom stereocenters. The second-order valence-electron chi connectivity index (χ2n) is 5.56. The number of nitrogens with one attached hydrogen (secondary N) is 1. The van der Waals surface area contributed by atoms with E-state index < -0.39 is 0 Å². The second-order valence-corrected chi connectivity index (χ2v) is 5.96. The van der Waals surface area contributed by atoms with Gasteiger partial charge in [-0.25, -0.2) is 0 Å². The average molecular weight is 281 g/mol. The number of piperazine rings is 1. The maximum absolute atomic E-state index is 10.3. The van der Waals surface area contributed by atoms with Gasteiger partial charge < -0.3 is 10.4 Å². The lowest BCUT2D eigenvalue weighted by atomic mass is 9.87. The van der Waals surface area contributed by atoms with Crippen LogP contribution in [-0.4, -0.2) is 36.2 Å². The van der Waals surface area contributed by atoms with Gasteiger partial charge in [0.15, 0.2) is 0 Å². The van der Waals surface area contributed by atoms with Crippen molar-refractivity contribution in [1.29, 1.82) is 0 Å². The van der Waals surface area contributed by atoms with Crippen LogP contribution in [-0.2, 0) is 19.4 Å². The van der Waals surface area contributed by atoms with Crippen LogP contribution < -0.4 is 5.32 Å². The highest BCUT2D eigenvalue weighted by atomic mass is 35.5. The zero-order valence-corrected chi connectivity index (χ0v) is 12.0. The van der Waals surface area contributed by atoms with Crippen molar-refractivity contribution in [2.75, 3.05) is 26.2 Å². The lowest BCUT2D eigenvalue weighted by molar-refractivity contribution is 0.229. The molecule has 2 N–H and O–H groups in total. The molecule has 3 rings (SSSR count). The SMILES string of the molecule is Oc1c(Cl)cc2c(c1CN1CCNCC1)CCCC2. The van der Waals surface area contributed by atoms with E-state index in [4.69, 9.17) is 11.6 Å². The van der Waals surface area contributed by atoms with Gasteiger partial charge >= 0.3 is 0 Å². The Hall–Kier alpha value is -0.770. The van der Waals surface area contributed by atoms with Gasteiger partial charge in [-0.1, -0.05) is 11.6 Å². The first-order chi connectivity index (χ1) is 9.25. The third kappa shape index (κ3) is 2.73. The molecule has 1 saturated heterocycles. The molecule has 104 valence electrons. The number of hydrogen-bond donors (Lipinski definition) is 2. The second kappa shape index (κ2) is 5.70. The Bertz CT molecular complexity index is 470. The number of phenols is 1. The summed E-state index contributed by atoms with van der Waals surface area (Å²) in [5.74, 6) is 0.306. The van der Waals surface area contributed by atoms with Gasteiger partial charge in [-0.3, -0.25) is 4.90 Å². The minimum Gasteiger partial charge on any atom is -0.506 e. The molecule has 3 nitrogen and oxygen atoms in total. The third-order valence-electron chi connectivity index (χ3n) is 4.28. The molecule has 1 heterocycles. The van der Waals surface area contributed by atoms with E-state index in [-0.39, 0.29) is 0 Å². The van der Waals surface area contributed by atoms with Crippen molar-refractivity contribution < 1.29 is 5.11 Å². The standard InChI is InChI=1S/C15H21ClN2O/c16-14-9-11-3-1-2-4-12(11)13(15(14)19)10-18-7-5-17-6-8-18/h9,17,19H,1-8,10H2. The highest BCUT2D eigenvalue weighted by Crippen LogP contribution is 2.37. The number of phenolic OH excluding ortho intramolecular Hbond substituents is 1. The van der Waals surface area contributed by atoms with Crippen molar-refractivity contribution in [3.8, 4) is 5.75 Å². The van der Waals surface area contributed by atoms with Crippen molar-refractivity contribution in [3.63, 3.8) is 0 Å². The molecule has 0 aromatic heterocycles. The minimum atomic E-state index is 0.306. The Kier molecular flexibility index (Phi) is 3.96. The number of benzene rings is 1. The van der Waals surface area contributed by atoms with E-state index in [0.29, 0.717) is 10.8 Å². The van der Waals surface area contributed by atoms with E-state index in [1.807, 2.05) is 6.07 Å². The first-order valence-electron chi connectivity index (χ1n) is 7.21. The van der Waals surface area contributed by atoms with Crippen LogP contribution in [0.25, 0.3) is 0 Å². The van der Waals surface area contributed by atoms with Crippen molar-refractivity contribution in [2.24, 2.45) is 0 Å². The normalized spacial score (nSPS) is 20.3. The van der Waals surface area contributed by atoms with Crippen LogP contribution in [0.2, 0.25) is 5.02 Å². The molecule has 0 spiro atoms. The van der Waals surface area contributed by atoms with Crippen LogP contribution >= 0.6 is 11.6 Å². The summed E-state index contributed by atoms with van der Waals surface area (Å²) in [6.07, 6.45) is 4.65. The monoisotopic (exact) mass is 280 g/mol. The van der Waals surface area contributed by atoms with Crippen LogP contribution in [0.5, 0.6) is 5.75 Å². The number of nitrogens with zero attached hydrogens (tertiary/aromatic N) is 1. The van der Waals surface area contributed by atoms with Crippen LogP contribution in [0.1, 0.15) is 29.5 Å². The van der Waals surface area contributed by atoms with Gasteiger partial charge in [-0.05, 0) is 42.9 Å². The molecule has 0 saturated carbocycles. The molecule has 4 heteroatoms. The van der Waals surface area contributed by atoms with Gasteiger partial charge in [-0.2, -0.15) is 0 Å². The lowest BCUT2D eigenvalue weighted by Gasteiger charge is -2.30. The predicted molar refractivity (Wildman–Crippen MR) is 77.9 cm³/mol. The molecule has 0 radical (unpaired) electrons. The van der Waals surface area contributed by atoms with Gasteiger partial charge in [0.2, 0.25) is 0 Å². The van der Waals surface area contributed by atoms with Gasteiger partial charge in [0.25, 0.3) is 0 Å². The fourth-order valence-electron chi connectivity index (χ4n) is 3.20. The van der Waals surface area contributed by atoms with Crippen molar-refractivity contribution in [1.82, 2.24) is 10.2 Å². The average Bonchev–Trinajstić information content (AvgIpc) is 2.45. The molecule has 1 fully saturated rings. The zero-order valence-electron chi connectivity index (χ0n) is 11.2. The van der Waals surface area contributed by atoms with Crippen LogP contribution in [0.15, 0.2) is 6.07 Å². The van der Waals surface area contributed by atoms with E-state index in [2.05, 4.69) is 10.2 Å². The summed E-state index contributed by atoms with van der Waals surface area (Å²) in [5, 5.41) is 14.2. The summed E-state index contributed by atoms with van der Waals surface area (Å²) >= 11 is 6.19. The first kappa shape index (κ1) is 13.2. The Morgan fingerprint density at radius 3 is 2.74 bits per heavy atom. The minimum absolute atomic E-state index is 0.306. The van der Waals surface area contributed by atoms with Crippen molar-refractivity contribution >= 4 is 11.6 Å². The molecule has 0 bridgehead atoms. The predicted octanol–water partition coefficient (Wildman–Crippen LogP) is 2.33. The van der Waals surface area contributed by atoms with E-state index in [1.165, 1.54) is 24.0 Å². The highest BCUT2D eigenvalue weighted by molar-refractivity contribution is 6.32. The molecule has 1 aromatic carbocycles. The third-order valence-corrected chi connectivity index (χ3v) is 4.57. The summed E-state index contributed by atoms with van der Waals surface area (Å²) in [4.78, 5) is 2.40. The molecular weight excluding hydrogens is 260 g/mol. The van der Waals surface area contributed by atoms with Crippen molar-refractivity contribution in [3.05, 3.63) is 27.8 Å². The molecule has 2 aliphatic rings. The van der Waals surface area contributed by atoms with E-state index in [1.54, 1.807) is 0 Å². The van der Waals surface area contributed by atoms with Gasteiger partial charge in [0, 0.05) is 38.3 Å². The fourth-order valence-corrected chi connectivity index (χ4v) is 3.45. The van der Waals surface area contributed by atoms with Crippen molar-refractivity contribution in [2.45, 2.75) is 32.2 Å². The summed E-state index contributed by atoms with van der Waals surface area (Å²) in [5.41, 5.74) is 3.77. The maximum atomic E-state index is 10.3. The number of aryl methyl sites for hydroxylation is 1. The number of hydrogen-bond acceptors (Lipinski definition) is 3. The van der Waals surface area contributed by atoms with Crippen LogP contribution in [0, 0.1) is 0 Å².